The SMILES string of the molecule is NC(=O)C(O)CNC(=O)C1CC(=O)N(CC(F)(F)F)C1. The van der Waals surface area contributed by atoms with Crippen LogP contribution in [0.3, 0.4) is 0 Å². The van der Waals surface area contributed by atoms with Crippen LogP contribution < -0.4 is 11.1 Å². The molecule has 114 valence electrons. The highest BCUT2D eigenvalue weighted by Gasteiger charge is 2.40. The van der Waals surface area contributed by atoms with Gasteiger partial charge in [0, 0.05) is 13.0 Å². The summed E-state index contributed by atoms with van der Waals surface area (Å²) < 4.78 is 36.5. The lowest BCUT2D eigenvalue weighted by Crippen LogP contribution is -2.42. The van der Waals surface area contributed by atoms with Crippen molar-refractivity contribution in [1.29, 1.82) is 0 Å². The van der Waals surface area contributed by atoms with Crippen LogP contribution in [-0.4, -0.2) is 59.6 Å². The van der Waals surface area contributed by atoms with Crippen molar-refractivity contribution in [2.75, 3.05) is 19.6 Å². The summed E-state index contributed by atoms with van der Waals surface area (Å²) in [6, 6.07) is 0. The minimum atomic E-state index is -4.52. The predicted molar refractivity (Wildman–Crippen MR) is 59.0 cm³/mol. The van der Waals surface area contributed by atoms with Gasteiger partial charge in [-0.3, -0.25) is 14.4 Å². The quantitative estimate of drug-likeness (QED) is 0.565. The summed E-state index contributed by atoms with van der Waals surface area (Å²) in [5.74, 6) is -3.45. The molecule has 7 nitrogen and oxygen atoms in total. The molecule has 2 unspecified atom stereocenters. The number of nitrogens with zero attached hydrogens (tertiary/aromatic N) is 1. The molecule has 3 amide bonds. The smallest absolute Gasteiger partial charge is 0.381 e. The lowest BCUT2D eigenvalue weighted by molar-refractivity contribution is -0.157. The van der Waals surface area contributed by atoms with Crippen LogP contribution in [0.5, 0.6) is 0 Å². The number of carbonyl (C=O) groups excluding carboxylic acids is 3. The Kier molecular flexibility index (Phi) is 4.93. The van der Waals surface area contributed by atoms with Gasteiger partial charge in [0.25, 0.3) is 0 Å². The molecule has 0 spiro atoms. The molecule has 2 atom stereocenters. The normalized spacial score (nSPS) is 20.9. The number of aliphatic hydroxyl groups excluding tert-OH is 1. The van der Waals surface area contributed by atoms with Crippen molar-refractivity contribution in [2.45, 2.75) is 18.7 Å². The van der Waals surface area contributed by atoms with Gasteiger partial charge in [0.15, 0.2) is 0 Å². The fraction of sp³-hybridized carbons (Fsp3) is 0.700. The molecule has 1 rings (SSSR count). The average Bonchev–Trinajstić information content (AvgIpc) is 2.65. The van der Waals surface area contributed by atoms with Crippen LogP contribution >= 0.6 is 0 Å². The Labute approximate surface area is 111 Å². The number of hydrogen-bond donors (Lipinski definition) is 3. The molecular weight excluding hydrogens is 283 g/mol. The zero-order valence-electron chi connectivity index (χ0n) is 10.3. The third-order valence-corrected chi connectivity index (χ3v) is 2.75. The van der Waals surface area contributed by atoms with Crippen LogP contribution in [0.1, 0.15) is 6.42 Å². The lowest BCUT2D eigenvalue weighted by Gasteiger charge is -2.18. The van der Waals surface area contributed by atoms with Crippen molar-refractivity contribution < 1.29 is 32.7 Å². The molecule has 4 N–H and O–H groups in total. The van der Waals surface area contributed by atoms with Crippen LogP contribution in [0, 0.1) is 5.92 Å². The fourth-order valence-electron chi connectivity index (χ4n) is 1.76. The van der Waals surface area contributed by atoms with Gasteiger partial charge in [-0.25, -0.2) is 0 Å². The van der Waals surface area contributed by atoms with E-state index in [9.17, 15) is 27.6 Å². The number of nitrogens with two attached hydrogens (primary N) is 1. The summed E-state index contributed by atoms with van der Waals surface area (Å²) in [7, 11) is 0. The number of rotatable bonds is 5. The van der Waals surface area contributed by atoms with Crippen molar-refractivity contribution in [3.05, 3.63) is 0 Å². The summed E-state index contributed by atoms with van der Waals surface area (Å²) in [5.41, 5.74) is 4.76. The molecule has 0 aliphatic carbocycles. The largest absolute Gasteiger partial charge is 0.406 e. The Hall–Kier alpha value is -1.84. The molecule has 0 saturated carbocycles. The zero-order chi connectivity index (χ0) is 15.5. The van der Waals surface area contributed by atoms with Gasteiger partial charge in [-0.15, -0.1) is 0 Å². The van der Waals surface area contributed by atoms with Gasteiger partial charge >= 0.3 is 6.18 Å². The number of carbonyl (C=O) groups is 3. The number of hydrogen-bond acceptors (Lipinski definition) is 4. The predicted octanol–water partition coefficient (Wildman–Crippen LogP) is -1.64. The average molecular weight is 297 g/mol. The number of halogens is 3. The van der Waals surface area contributed by atoms with E-state index < -0.39 is 49.0 Å². The van der Waals surface area contributed by atoms with Crippen molar-refractivity contribution >= 4 is 17.7 Å². The summed E-state index contributed by atoms with van der Waals surface area (Å²) in [6.45, 7) is -2.20. The standard InChI is InChI=1S/C10H14F3N3O4/c11-10(12,13)4-16-3-5(1-7(16)18)9(20)15-2-6(17)8(14)19/h5-6,17H,1-4H2,(H2,14,19)(H,15,20). The van der Waals surface area contributed by atoms with E-state index in [1.165, 1.54) is 0 Å². The maximum atomic E-state index is 12.2. The highest BCUT2D eigenvalue weighted by Crippen LogP contribution is 2.23. The van der Waals surface area contributed by atoms with Crippen LogP contribution in [-0.2, 0) is 14.4 Å². The van der Waals surface area contributed by atoms with Crippen LogP contribution in [0.15, 0.2) is 0 Å². The van der Waals surface area contributed by atoms with Crippen LogP contribution in [0.2, 0.25) is 0 Å². The Balaban J connectivity index is 2.48. The number of likely N-dealkylation sites (tertiary alicyclic amines) is 1. The van der Waals surface area contributed by atoms with Gasteiger partial charge in [-0.1, -0.05) is 0 Å². The first-order valence-corrected chi connectivity index (χ1v) is 5.70. The highest BCUT2D eigenvalue weighted by atomic mass is 19.4. The molecule has 20 heavy (non-hydrogen) atoms. The number of alkyl halides is 3. The third kappa shape index (κ3) is 4.68. The summed E-state index contributed by atoms with van der Waals surface area (Å²) in [5, 5.41) is 11.2. The number of aliphatic hydroxyl groups is 1. The molecule has 0 radical (unpaired) electrons. The Morgan fingerprint density at radius 1 is 1.50 bits per heavy atom. The molecule has 1 saturated heterocycles. The van der Waals surface area contributed by atoms with Crippen molar-refractivity contribution in [3.63, 3.8) is 0 Å². The second kappa shape index (κ2) is 6.07. The number of amides is 3. The Bertz CT molecular complexity index is 413. The van der Waals surface area contributed by atoms with Gasteiger partial charge < -0.3 is 21.1 Å². The summed E-state index contributed by atoms with van der Waals surface area (Å²) in [4.78, 5) is 34.0. The van der Waals surface area contributed by atoms with E-state index in [-0.39, 0.29) is 13.0 Å². The van der Waals surface area contributed by atoms with Crippen molar-refractivity contribution in [2.24, 2.45) is 11.7 Å². The van der Waals surface area contributed by atoms with Gasteiger partial charge in [0.2, 0.25) is 17.7 Å². The third-order valence-electron chi connectivity index (χ3n) is 2.75. The lowest BCUT2D eigenvalue weighted by atomic mass is 10.1. The molecule has 0 aromatic rings. The molecule has 1 aliphatic heterocycles. The zero-order valence-corrected chi connectivity index (χ0v) is 10.3. The molecule has 0 bridgehead atoms. The van der Waals surface area contributed by atoms with Gasteiger partial charge in [0.1, 0.15) is 12.6 Å². The maximum Gasteiger partial charge on any atom is 0.406 e. The minimum Gasteiger partial charge on any atom is -0.381 e. The molecule has 1 aliphatic rings. The topological polar surface area (TPSA) is 113 Å². The van der Waals surface area contributed by atoms with E-state index in [1.807, 2.05) is 0 Å². The second-order valence-corrected chi connectivity index (χ2v) is 4.45. The van der Waals surface area contributed by atoms with Gasteiger partial charge in [-0.05, 0) is 0 Å². The number of primary amides is 1. The molecule has 1 fully saturated rings. The van der Waals surface area contributed by atoms with E-state index in [4.69, 9.17) is 10.8 Å². The monoisotopic (exact) mass is 297 g/mol. The molecule has 0 aromatic carbocycles. The molecular formula is C10H14F3N3O4. The van der Waals surface area contributed by atoms with Crippen LogP contribution in [0.25, 0.3) is 0 Å². The second-order valence-electron chi connectivity index (χ2n) is 4.45. The summed E-state index contributed by atoms with van der Waals surface area (Å²) >= 11 is 0. The van der Waals surface area contributed by atoms with E-state index in [0.29, 0.717) is 4.90 Å². The first-order chi connectivity index (χ1) is 9.10. The minimum absolute atomic E-state index is 0.339. The summed E-state index contributed by atoms with van der Waals surface area (Å²) in [6.07, 6.45) is -6.44. The fourth-order valence-corrected chi connectivity index (χ4v) is 1.76. The maximum absolute atomic E-state index is 12.2. The van der Waals surface area contributed by atoms with Gasteiger partial charge in [0.05, 0.1) is 12.5 Å². The first kappa shape index (κ1) is 16.2. The van der Waals surface area contributed by atoms with E-state index >= 15 is 0 Å². The highest BCUT2D eigenvalue weighted by molar-refractivity contribution is 5.89. The molecule has 10 heteroatoms. The Morgan fingerprint density at radius 2 is 2.10 bits per heavy atom. The first-order valence-electron chi connectivity index (χ1n) is 5.70. The van der Waals surface area contributed by atoms with Crippen molar-refractivity contribution in [3.8, 4) is 0 Å². The number of nitrogens with one attached hydrogen (secondary N) is 1. The van der Waals surface area contributed by atoms with Gasteiger partial charge in [-0.2, -0.15) is 13.2 Å². The Morgan fingerprint density at radius 3 is 2.60 bits per heavy atom. The van der Waals surface area contributed by atoms with E-state index in [1.54, 1.807) is 0 Å². The molecule has 1 heterocycles. The molecule has 0 aromatic heterocycles. The van der Waals surface area contributed by atoms with E-state index in [0.717, 1.165) is 0 Å². The van der Waals surface area contributed by atoms with Crippen molar-refractivity contribution in [1.82, 2.24) is 10.2 Å². The van der Waals surface area contributed by atoms with Crippen LogP contribution in [0.4, 0.5) is 13.2 Å². The van der Waals surface area contributed by atoms with E-state index in [2.05, 4.69) is 5.32 Å².